The molecular weight excluding hydrogens is 292 g/mol. The van der Waals surface area contributed by atoms with Crippen molar-refractivity contribution in [1.82, 2.24) is 29.7 Å². The highest BCUT2D eigenvalue weighted by atomic mass is 35.5. The van der Waals surface area contributed by atoms with Crippen molar-refractivity contribution in [3.8, 4) is 17.7 Å². The Labute approximate surface area is 125 Å². The lowest BCUT2D eigenvalue weighted by atomic mass is 10.1. The topological polar surface area (TPSA) is 78.6 Å². The van der Waals surface area contributed by atoms with Crippen LogP contribution < -0.4 is 4.74 Å². The van der Waals surface area contributed by atoms with Crippen molar-refractivity contribution in [1.29, 1.82) is 0 Å². The molecule has 3 aromatic rings. The molecule has 3 rings (SSSR count). The Kier molecular flexibility index (Phi) is 3.49. The van der Waals surface area contributed by atoms with E-state index in [1.54, 1.807) is 0 Å². The molecule has 0 spiro atoms. The molecule has 2 heterocycles. The molecule has 0 unspecified atom stereocenters. The normalized spacial score (nSPS) is 10.6. The lowest BCUT2D eigenvalue weighted by Crippen LogP contribution is -2.05. The maximum Gasteiger partial charge on any atom is 0.328 e. The standard InChI is InChI=1S/C13H11ClN6O/c1-8-4-3-5-10(9(8)2)21-13-18-11(14)17-12(19-13)20-7-15-6-16-20/h3-7H,1-2H3. The van der Waals surface area contributed by atoms with E-state index in [4.69, 9.17) is 16.3 Å². The van der Waals surface area contributed by atoms with E-state index in [-0.39, 0.29) is 17.2 Å². The molecule has 0 atom stereocenters. The van der Waals surface area contributed by atoms with Crippen molar-refractivity contribution in [3.63, 3.8) is 0 Å². The van der Waals surface area contributed by atoms with Gasteiger partial charge in [-0.25, -0.2) is 4.98 Å². The fourth-order valence-corrected chi connectivity index (χ4v) is 1.86. The molecule has 2 aromatic heterocycles. The number of benzene rings is 1. The van der Waals surface area contributed by atoms with E-state index < -0.39 is 0 Å². The highest BCUT2D eigenvalue weighted by molar-refractivity contribution is 6.28. The fourth-order valence-electron chi connectivity index (χ4n) is 1.71. The van der Waals surface area contributed by atoms with Gasteiger partial charge in [0.05, 0.1) is 0 Å². The van der Waals surface area contributed by atoms with Crippen molar-refractivity contribution in [2.75, 3.05) is 0 Å². The van der Waals surface area contributed by atoms with Gasteiger partial charge in [0.25, 0.3) is 5.95 Å². The Bertz CT molecular complexity index is 774. The second-order valence-electron chi connectivity index (χ2n) is 4.33. The van der Waals surface area contributed by atoms with E-state index in [1.165, 1.54) is 17.3 Å². The van der Waals surface area contributed by atoms with E-state index in [1.807, 2.05) is 32.0 Å². The van der Waals surface area contributed by atoms with Gasteiger partial charge in [0.1, 0.15) is 18.4 Å². The average Bonchev–Trinajstić information content (AvgIpc) is 2.97. The van der Waals surface area contributed by atoms with E-state index in [0.29, 0.717) is 5.75 Å². The van der Waals surface area contributed by atoms with Crippen LogP contribution in [0.3, 0.4) is 0 Å². The summed E-state index contributed by atoms with van der Waals surface area (Å²) in [5.74, 6) is 0.912. The Morgan fingerprint density at radius 1 is 1.14 bits per heavy atom. The Morgan fingerprint density at radius 3 is 2.76 bits per heavy atom. The third-order valence-electron chi connectivity index (χ3n) is 2.96. The minimum atomic E-state index is 0.0239. The number of hydrogen-bond donors (Lipinski definition) is 0. The summed E-state index contributed by atoms with van der Waals surface area (Å²) >= 11 is 5.90. The summed E-state index contributed by atoms with van der Waals surface area (Å²) in [4.78, 5) is 16.0. The van der Waals surface area contributed by atoms with Gasteiger partial charge in [-0.05, 0) is 42.6 Å². The smallest absolute Gasteiger partial charge is 0.328 e. The summed E-state index contributed by atoms with van der Waals surface area (Å²) in [7, 11) is 0. The van der Waals surface area contributed by atoms with Crippen LogP contribution >= 0.6 is 11.6 Å². The molecule has 106 valence electrons. The minimum Gasteiger partial charge on any atom is -0.424 e. The fraction of sp³-hybridized carbons (Fsp3) is 0.154. The number of aryl methyl sites for hydroxylation is 1. The number of hydrogen-bond acceptors (Lipinski definition) is 6. The molecule has 1 aromatic carbocycles. The zero-order valence-corrected chi connectivity index (χ0v) is 12.1. The Balaban J connectivity index is 1.98. The highest BCUT2D eigenvalue weighted by Crippen LogP contribution is 2.25. The Morgan fingerprint density at radius 2 is 2.00 bits per heavy atom. The van der Waals surface area contributed by atoms with Gasteiger partial charge in [-0.2, -0.15) is 24.7 Å². The van der Waals surface area contributed by atoms with Gasteiger partial charge < -0.3 is 4.74 Å². The minimum absolute atomic E-state index is 0.0239. The van der Waals surface area contributed by atoms with Gasteiger partial charge in [-0.3, -0.25) is 0 Å². The molecule has 0 aliphatic rings. The van der Waals surface area contributed by atoms with Crippen molar-refractivity contribution in [2.24, 2.45) is 0 Å². The predicted molar refractivity (Wildman–Crippen MR) is 75.7 cm³/mol. The first-order valence-electron chi connectivity index (χ1n) is 6.14. The molecule has 21 heavy (non-hydrogen) atoms. The van der Waals surface area contributed by atoms with Crippen LogP contribution in [-0.4, -0.2) is 29.7 Å². The molecule has 0 aliphatic heterocycles. The lowest BCUT2D eigenvalue weighted by Gasteiger charge is -2.09. The van der Waals surface area contributed by atoms with Crippen LogP contribution in [0.25, 0.3) is 5.95 Å². The third-order valence-corrected chi connectivity index (χ3v) is 3.12. The number of aromatic nitrogens is 6. The van der Waals surface area contributed by atoms with Crippen LogP contribution in [0.4, 0.5) is 0 Å². The van der Waals surface area contributed by atoms with Crippen molar-refractivity contribution < 1.29 is 4.74 Å². The van der Waals surface area contributed by atoms with Gasteiger partial charge in [-0.15, -0.1) is 0 Å². The summed E-state index contributed by atoms with van der Waals surface area (Å²) in [5, 5.41) is 3.97. The first-order valence-corrected chi connectivity index (χ1v) is 6.52. The second-order valence-corrected chi connectivity index (χ2v) is 4.67. The van der Waals surface area contributed by atoms with Crippen LogP contribution in [-0.2, 0) is 0 Å². The molecule has 8 heteroatoms. The zero-order valence-electron chi connectivity index (χ0n) is 11.4. The molecular formula is C13H11ClN6O. The van der Waals surface area contributed by atoms with Gasteiger partial charge in [0, 0.05) is 0 Å². The highest BCUT2D eigenvalue weighted by Gasteiger charge is 2.11. The van der Waals surface area contributed by atoms with E-state index in [2.05, 4.69) is 25.0 Å². The Hall–Kier alpha value is -2.54. The second kappa shape index (κ2) is 5.45. The molecule has 0 saturated carbocycles. The van der Waals surface area contributed by atoms with Crippen molar-refractivity contribution in [2.45, 2.75) is 13.8 Å². The first-order chi connectivity index (χ1) is 10.1. The maximum atomic E-state index is 5.90. The average molecular weight is 303 g/mol. The van der Waals surface area contributed by atoms with E-state index in [9.17, 15) is 0 Å². The number of nitrogens with zero attached hydrogens (tertiary/aromatic N) is 6. The molecule has 0 radical (unpaired) electrons. The van der Waals surface area contributed by atoms with Crippen molar-refractivity contribution >= 4 is 11.6 Å². The first kappa shape index (κ1) is 13.4. The molecule has 0 bridgehead atoms. The van der Waals surface area contributed by atoms with Crippen LogP contribution in [0.1, 0.15) is 11.1 Å². The van der Waals surface area contributed by atoms with E-state index in [0.717, 1.165) is 11.1 Å². The SMILES string of the molecule is Cc1cccc(Oc2nc(Cl)nc(-n3cncn3)n2)c1C. The third kappa shape index (κ3) is 2.82. The van der Waals surface area contributed by atoms with Gasteiger partial charge in [0.15, 0.2) is 0 Å². The van der Waals surface area contributed by atoms with E-state index >= 15 is 0 Å². The number of halogens is 1. The van der Waals surface area contributed by atoms with Crippen LogP contribution in [0.2, 0.25) is 5.28 Å². The molecule has 0 fully saturated rings. The van der Waals surface area contributed by atoms with Crippen LogP contribution in [0.15, 0.2) is 30.9 Å². The van der Waals surface area contributed by atoms with Gasteiger partial charge in [-0.1, -0.05) is 12.1 Å². The molecule has 0 amide bonds. The lowest BCUT2D eigenvalue weighted by molar-refractivity contribution is 0.434. The quantitative estimate of drug-likeness (QED) is 0.739. The molecule has 0 saturated heterocycles. The zero-order chi connectivity index (χ0) is 14.8. The molecule has 0 aliphatic carbocycles. The summed E-state index contributed by atoms with van der Waals surface area (Å²) in [5.41, 5.74) is 2.13. The van der Waals surface area contributed by atoms with Crippen molar-refractivity contribution in [3.05, 3.63) is 47.3 Å². The predicted octanol–water partition coefficient (Wildman–Crippen LogP) is 2.51. The summed E-state index contributed by atoms with van der Waals surface area (Å²) in [6.07, 6.45) is 2.84. The number of ether oxygens (including phenoxy) is 1. The number of rotatable bonds is 3. The van der Waals surface area contributed by atoms with Crippen LogP contribution in [0.5, 0.6) is 11.8 Å². The van der Waals surface area contributed by atoms with Gasteiger partial charge in [0.2, 0.25) is 5.28 Å². The summed E-state index contributed by atoms with van der Waals surface area (Å²) in [6, 6.07) is 5.85. The largest absolute Gasteiger partial charge is 0.424 e. The molecule has 0 N–H and O–H groups in total. The molecule has 7 nitrogen and oxygen atoms in total. The maximum absolute atomic E-state index is 5.90. The summed E-state index contributed by atoms with van der Waals surface area (Å²) in [6.45, 7) is 3.97. The van der Waals surface area contributed by atoms with Gasteiger partial charge >= 0.3 is 6.01 Å². The summed E-state index contributed by atoms with van der Waals surface area (Å²) < 4.78 is 7.08. The van der Waals surface area contributed by atoms with Crippen LogP contribution in [0, 0.1) is 13.8 Å². The monoisotopic (exact) mass is 302 g/mol.